The Morgan fingerprint density at radius 3 is 2.11 bits per heavy atom. The molecular weight excluding hydrogens is 368 g/mol. The van der Waals surface area contributed by atoms with Crippen LogP contribution in [0, 0.1) is 5.41 Å². The average Bonchev–Trinajstić information content (AvgIpc) is 3.19. The van der Waals surface area contributed by atoms with Gasteiger partial charge in [-0.15, -0.1) is 11.3 Å². The van der Waals surface area contributed by atoms with E-state index in [9.17, 15) is 9.59 Å². The largest absolute Gasteiger partial charge is 0.344 e. The van der Waals surface area contributed by atoms with Gasteiger partial charge in [-0.25, -0.2) is 0 Å². The number of benzene rings is 1. The Labute approximate surface area is 172 Å². The van der Waals surface area contributed by atoms with Crippen LogP contribution in [0.5, 0.6) is 0 Å². The molecule has 28 heavy (non-hydrogen) atoms. The molecule has 4 nitrogen and oxygen atoms in total. The molecule has 0 saturated carbocycles. The third kappa shape index (κ3) is 5.68. The van der Waals surface area contributed by atoms with Gasteiger partial charge in [0, 0.05) is 10.3 Å². The van der Waals surface area contributed by atoms with E-state index >= 15 is 0 Å². The average molecular weight is 401 g/mol. The summed E-state index contributed by atoms with van der Waals surface area (Å²) < 4.78 is 0. The lowest BCUT2D eigenvalue weighted by Crippen LogP contribution is -2.49. The van der Waals surface area contributed by atoms with Crippen molar-refractivity contribution in [1.29, 1.82) is 0 Å². The first-order valence-corrected chi connectivity index (χ1v) is 10.8. The van der Waals surface area contributed by atoms with E-state index in [1.165, 1.54) is 5.56 Å². The molecule has 0 aliphatic rings. The van der Waals surface area contributed by atoms with Crippen molar-refractivity contribution < 1.29 is 9.59 Å². The molecule has 0 aliphatic heterocycles. The molecule has 1 aromatic heterocycles. The fraction of sp³-hybridized carbons (Fsp3) is 0.478. The van der Waals surface area contributed by atoms with Crippen molar-refractivity contribution in [2.24, 2.45) is 5.41 Å². The first-order valence-electron chi connectivity index (χ1n) is 9.88. The molecule has 0 fully saturated rings. The zero-order valence-electron chi connectivity index (χ0n) is 17.7. The van der Waals surface area contributed by atoms with Gasteiger partial charge in [-0.1, -0.05) is 65.0 Å². The molecule has 3 unspecified atom stereocenters. The molecule has 2 N–H and O–H groups in total. The van der Waals surface area contributed by atoms with Crippen LogP contribution in [0.25, 0.3) is 0 Å². The molecule has 3 atom stereocenters. The topological polar surface area (TPSA) is 58.2 Å². The van der Waals surface area contributed by atoms with Gasteiger partial charge >= 0.3 is 0 Å². The summed E-state index contributed by atoms with van der Waals surface area (Å²) in [7, 11) is 0. The fourth-order valence-corrected chi connectivity index (χ4v) is 3.58. The van der Waals surface area contributed by atoms with E-state index in [1.807, 2.05) is 38.3 Å². The molecule has 152 valence electrons. The maximum Gasteiger partial charge on any atom is 0.243 e. The predicted octanol–water partition coefficient (Wildman–Crippen LogP) is 5.02. The monoisotopic (exact) mass is 400 g/mol. The van der Waals surface area contributed by atoms with E-state index in [0.717, 1.165) is 16.9 Å². The minimum atomic E-state index is -0.603. The van der Waals surface area contributed by atoms with Crippen LogP contribution in [0.1, 0.15) is 75.9 Å². The molecule has 2 rings (SSSR count). The lowest BCUT2D eigenvalue weighted by Gasteiger charge is -2.24. The molecule has 5 heteroatoms. The van der Waals surface area contributed by atoms with Crippen LogP contribution in [0.3, 0.4) is 0 Å². The number of amides is 2. The highest BCUT2D eigenvalue weighted by atomic mass is 32.1. The van der Waals surface area contributed by atoms with Gasteiger partial charge in [-0.3, -0.25) is 9.59 Å². The normalized spacial score (nSPS) is 14.8. The fourth-order valence-electron chi connectivity index (χ4n) is 2.77. The molecule has 0 bridgehead atoms. The Bertz CT molecular complexity index is 776. The Morgan fingerprint density at radius 1 is 1.00 bits per heavy atom. The maximum atomic E-state index is 12.8. The van der Waals surface area contributed by atoms with E-state index in [4.69, 9.17) is 0 Å². The first-order chi connectivity index (χ1) is 13.1. The van der Waals surface area contributed by atoms with Crippen molar-refractivity contribution in [2.75, 3.05) is 0 Å². The summed E-state index contributed by atoms with van der Waals surface area (Å²) in [5, 5.41) is 7.92. The lowest BCUT2D eigenvalue weighted by molar-refractivity contribution is -0.133. The van der Waals surface area contributed by atoms with Crippen molar-refractivity contribution in [1.82, 2.24) is 10.6 Å². The van der Waals surface area contributed by atoms with Crippen molar-refractivity contribution in [2.45, 2.75) is 66.0 Å². The Morgan fingerprint density at radius 2 is 1.61 bits per heavy atom. The van der Waals surface area contributed by atoms with Gasteiger partial charge < -0.3 is 10.6 Å². The van der Waals surface area contributed by atoms with Gasteiger partial charge in [-0.05, 0) is 41.8 Å². The van der Waals surface area contributed by atoms with Gasteiger partial charge in [0.05, 0.1) is 6.04 Å². The SMILES string of the molecule is CCC(C)c1ccc(C(NC(=O)C(C)NC(=O)C(C)(C)C)c2cccs2)cc1. The van der Waals surface area contributed by atoms with Gasteiger partial charge in [0.25, 0.3) is 0 Å². The van der Waals surface area contributed by atoms with Crippen molar-refractivity contribution in [3.8, 4) is 0 Å². The molecule has 2 amide bonds. The van der Waals surface area contributed by atoms with Crippen LogP contribution in [0.2, 0.25) is 0 Å². The summed E-state index contributed by atoms with van der Waals surface area (Å²) in [6.07, 6.45) is 1.09. The van der Waals surface area contributed by atoms with Crippen molar-refractivity contribution in [3.63, 3.8) is 0 Å². The molecule has 2 aromatic rings. The Hall–Kier alpha value is -2.14. The molecule has 0 saturated heterocycles. The molecule has 0 radical (unpaired) electrons. The quantitative estimate of drug-likeness (QED) is 0.686. The van der Waals surface area contributed by atoms with Crippen LogP contribution < -0.4 is 10.6 Å². The third-order valence-corrected chi connectivity index (χ3v) is 5.92. The number of thiophene rings is 1. The zero-order chi connectivity index (χ0) is 20.9. The second-order valence-electron chi connectivity index (χ2n) is 8.38. The number of carbonyl (C=O) groups is 2. The number of hydrogen-bond donors (Lipinski definition) is 2. The highest BCUT2D eigenvalue weighted by Crippen LogP contribution is 2.28. The molecule has 1 aromatic carbocycles. The molecular formula is C23H32N2O2S. The van der Waals surface area contributed by atoms with E-state index < -0.39 is 11.5 Å². The van der Waals surface area contributed by atoms with E-state index in [-0.39, 0.29) is 17.9 Å². The van der Waals surface area contributed by atoms with Gasteiger partial charge in [0.15, 0.2) is 0 Å². The summed E-state index contributed by atoms with van der Waals surface area (Å²) in [4.78, 5) is 26.1. The molecule has 1 heterocycles. The number of rotatable bonds is 7. The lowest BCUT2D eigenvalue weighted by atomic mass is 9.95. The van der Waals surface area contributed by atoms with Crippen molar-refractivity contribution >= 4 is 23.2 Å². The molecule has 0 spiro atoms. The van der Waals surface area contributed by atoms with Crippen LogP contribution in [-0.2, 0) is 9.59 Å². The summed E-state index contributed by atoms with van der Waals surface area (Å²) in [6.45, 7) is 11.6. The second-order valence-corrected chi connectivity index (χ2v) is 9.36. The van der Waals surface area contributed by atoms with Gasteiger partial charge in [-0.2, -0.15) is 0 Å². The Kier molecular flexibility index (Phi) is 7.41. The predicted molar refractivity (Wildman–Crippen MR) is 117 cm³/mol. The van der Waals surface area contributed by atoms with E-state index in [2.05, 4.69) is 48.7 Å². The third-order valence-electron chi connectivity index (χ3n) is 4.99. The highest BCUT2D eigenvalue weighted by molar-refractivity contribution is 7.10. The zero-order valence-corrected chi connectivity index (χ0v) is 18.5. The van der Waals surface area contributed by atoms with Crippen LogP contribution in [0.15, 0.2) is 41.8 Å². The summed E-state index contributed by atoms with van der Waals surface area (Å²) in [6, 6.07) is 11.6. The van der Waals surface area contributed by atoms with Crippen molar-refractivity contribution in [3.05, 3.63) is 57.8 Å². The number of hydrogen-bond acceptors (Lipinski definition) is 3. The summed E-state index contributed by atoms with van der Waals surface area (Å²) in [5.74, 6) is 0.180. The minimum Gasteiger partial charge on any atom is -0.344 e. The summed E-state index contributed by atoms with van der Waals surface area (Å²) >= 11 is 1.61. The second kappa shape index (κ2) is 9.37. The van der Waals surface area contributed by atoms with E-state index in [0.29, 0.717) is 5.92 Å². The molecule has 0 aliphatic carbocycles. The Balaban J connectivity index is 2.18. The number of nitrogens with one attached hydrogen (secondary N) is 2. The number of carbonyl (C=O) groups excluding carboxylic acids is 2. The highest BCUT2D eigenvalue weighted by Gasteiger charge is 2.27. The first kappa shape index (κ1) is 22.2. The summed E-state index contributed by atoms with van der Waals surface area (Å²) in [5.41, 5.74) is 1.80. The van der Waals surface area contributed by atoms with Crippen LogP contribution >= 0.6 is 11.3 Å². The van der Waals surface area contributed by atoms with E-state index in [1.54, 1.807) is 18.3 Å². The van der Waals surface area contributed by atoms with Gasteiger partial charge in [0.1, 0.15) is 6.04 Å². The standard InChI is InChI=1S/C23H32N2O2S/c1-7-15(2)17-10-12-18(13-11-17)20(19-9-8-14-28-19)25-21(26)16(3)24-22(27)23(4,5)6/h8-16,20H,7H2,1-6H3,(H,24,27)(H,25,26). The van der Waals surface area contributed by atoms with Crippen LogP contribution in [-0.4, -0.2) is 17.9 Å². The minimum absolute atomic E-state index is 0.138. The van der Waals surface area contributed by atoms with Gasteiger partial charge in [0.2, 0.25) is 11.8 Å². The van der Waals surface area contributed by atoms with Crippen LogP contribution in [0.4, 0.5) is 0 Å². The smallest absolute Gasteiger partial charge is 0.243 e. The maximum absolute atomic E-state index is 12.8.